The van der Waals surface area contributed by atoms with Gasteiger partial charge in [0, 0.05) is 48.8 Å². The fraction of sp³-hybridized carbons (Fsp3) is 0.286. The van der Waals surface area contributed by atoms with Crippen molar-refractivity contribution in [2.75, 3.05) is 39.8 Å². The minimum atomic E-state index is 0.0984. The molecule has 7 rings (SSSR count). The van der Waals surface area contributed by atoms with E-state index in [2.05, 4.69) is 23.0 Å². The third kappa shape index (κ3) is 6.03. The molecular weight excluding hydrogens is 586 g/mol. The third-order valence-corrected chi connectivity index (χ3v) is 9.06. The van der Waals surface area contributed by atoms with Crippen LogP contribution < -0.4 is 9.47 Å². The molecule has 0 unspecified atom stereocenters. The zero-order chi connectivity index (χ0) is 30.9. The van der Waals surface area contributed by atoms with Crippen LogP contribution in [0.4, 0.5) is 0 Å². The van der Waals surface area contributed by atoms with Crippen LogP contribution in [0.3, 0.4) is 0 Å². The second-order valence-corrected chi connectivity index (χ2v) is 12.5. The number of aryl methyl sites for hydroxylation is 1. The standard InChI is InChI=1S/C35H35N5O4S/c1-4-12-38-13-15-39(16-14-38)34(41)25-10-8-24(9-11-25)26-6-5-7-28(17-26)43-22-27-18-29(42-3)19-32-30(27)20-33(44-32)31-21-40-35(36-31)45-23(2)37-40/h5-11,17-21H,4,12-16,22H2,1-3H3. The van der Waals surface area contributed by atoms with Crippen molar-refractivity contribution in [3.8, 4) is 34.1 Å². The second-order valence-electron chi connectivity index (χ2n) is 11.3. The molecule has 0 spiro atoms. The van der Waals surface area contributed by atoms with Crippen LogP contribution >= 0.6 is 11.3 Å². The van der Waals surface area contributed by atoms with Crippen LogP contribution in [0.5, 0.6) is 11.5 Å². The van der Waals surface area contributed by atoms with Gasteiger partial charge >= 0.3 is 0 Å². The average molecular weight is 622 g/mol. The van der Waals surface area contributed by atoms with Crippen LogP contribution in [0, 0.1) is 6.92 Å². The van der Waals surface area contributed by atoms with Crippen LogP contribution in [0.2, 0.25) is 0 Å². The Hall–Kier alpha value is -4.67. The fourth-order valence-electron chi connectivity index (χ4n) is 5.87. The number of carbonyl (C=O) groups is 1. The van der Waals surface area contributed by atoms with E-state index in [1.807, 2.05) is 78.7 Å². The summed E-state index contributed by atoms with van der Waals surface area (Å²) in [7, 11) is 1.64. The van der Waals surface area contributed by atoms with Gasteiger partial charge in [0.15, 0.2) is 5.76 Å². The summed E-state index contributed by atoms with van der Waals surface area (Å²) in [5.74, 6) is 2.20. The summed E-state index contributed by atoms with van der Waals surface area (Å²) >= 11 is 1.54. The number of methoxy groups -OCH3 is 1. The Morgan fingerprint density at radius 1 is 0.978 bits per heavy atom. The Morgan fingerprint density at radius 2 is 1.80 bits per heavy atom. The van der Waals surface area contributed by atoms with Crippen molar-refractivity contribution >= 4 is 33.2 Å². The number of imidazole rings is 1. The second kappa shape index (κ2) is 12.4. The van der Waals surface area contributed by atoms with E-state index in [9.17, 15) is 4.79 Å². The van der Waals surface area contributed by atoms with Gasteiger partial charge in [-0.25, -0.2) is 9.50 Å². The summed E-state index contributed by atoms with van der Waals surface area (Å²) in [5.41, 5.74) is 5.14. The van der Waals surface area contributed by atoms with Crippen molar-refractivity contribution in [3.05, 3.63) is 89.1 Å². The molecule has 0 atom stereocenters. The number of rotatable bonds is 9. The van der Waals surface area contributed by atoms with E-state index in [0.29, 0.717) is 23.7 Å². The first-order valence-electron chi connectivity index (χ1n) is 15.3. The molecule has 0 aliphatic carbocycles. The molecule has 6 aromatic rings. The van der Waals surface area contributed by atoms with Crippen LogP contribution in [-0.4, -0.2) is 70.1 Å². The lowest BCUT2D eigenvalue weighted by Crippen LogP contribution is -2.48. The first-order valence-corrected chi connectivity index (χ1v) is 16.1. The molecule has 9 nitrogen and oxygen atoms in total. The predicted molar refractivity (Wildman–Crippen MR) is 176 cm³/mol. The summed E-state index contributed by atoms with van der Waals surface area (Å²) in [6.07, 6.45) is 3.02. The topological polar surface area (TPSA) is 85.3 Å². The van der Waals surface area contributed by atoms with E-state index in [0.717, 1.165) is 88.2 Å². The van der Waals surface area contributed by atoms with E-state index >= 15 is 0 Å². The first kappa shape index (κ1) is 29.1. The maximum atomic E-state index is 13.1. The lowest BCUT2D eigenvalue weighted by Gasteiger charge is -2.34. The number of hydrogen-bond acceptors (Lipinski definition) is 8. The summed E-state index contributed by atoms with van der Waals surface area (Å²) in [4.78, 5) is 23.0. The average Bonchev–Trinajstić information content (AvgIpc) is 3.77. The molecule has 3 aromatic heterocycles. The Morgan fingerprint density at radius 3 is 2.56 bits per heavy atom. The van der Waals surface area contributed by atoms with Gasteiger partial charge < -0.3 is 18.8 Å². The van der Waals surface area contributed by atoms with Gasteiger partial charge in [0.25, 0.3) is 5.91 Å². The maximum absolute atomic E-state index is 13.1. The van der Waals surface area contributed by atoms with E-state index in [1.54, 1.807) is 11.6 Å². The van der Waals surface area contributed by atoms with E-state index < -0.39 is 0 Å². The number of amides is 1. The highest BCUT2D eigenvalue weighted by atomic mass is 32.1. The number of aromatic nitrogens is 3. The largest absolute Gasteiger partial charge is 0.497 e. The number of carbonyl (C=O) groups excluding carboxylic acids is 1. The molecule has 1 aliphatic rings. The van der Waals surface area contributed by atoms with Crippen molar-refractivity contribution in [2.45, 2.75) is 26.9 Å². The van der Waals surface area contributed by atoms with Crippen molar-refractivity contribution in [2.24, 2.45) is 0 Å². The molecule has 0 N–H and O–H groups in total. The van der Waals surface area contributed by atoms with Crippen molar-refractivity contribution < 1.29 is 18.7 Å². The molecule has 4 heterocycles. The fourth-order valence-corrected chi connectivity index (χ4v) is 6.59. The van der Waals surface area contributed by atoms with Crippen LogP contribution in [0.15, 0.2) is 77.3 Å². The summed E-state index contributed by atoms with van der Waals surface area (Å²) < 4.78 is 19.9. The predicted octanol–water partition coefficient (Wildman–Crippen LogP) is 6.93. The highest BCUT2D eigenvalue weighted by molar-refractivity contribution is 7.16. The quantitative estimate of drug-likeness (QED) is 0.173. The molecular formula is C35H35N5O4S. The van der Waals surface area contributed by atoms with Gasteiger partial charge in [0.2, 0.25) is 4.96 Å². The van der Waals surface area contributed by atoms with E-state index in [-0.39, 0.29) is 5.91 Å². The van der Waals surface area contributed by atoms with Crippen molar-refractivity contribution in [3.63, 3.8) is 0 Å². The van der Waals surface area contributed by atoms with Crippen LogP contribution in [0.25, 0.3) is 38.5 Å². The zero-order valence-corrected chi connectivity index (χ0v) is 26.5. The molecule has 1 aliphatic heterocycles. The molecule has 230 valence electrons. The van der Waals surface area contributed by atoms with Gasteiger partial charge in [-0.15, -0.1) is 0 Å². The zero-order valence-electron chi connectivity index (χ0n) is 25.7. The number of furan rings is 1. The summed E-state index contributed by atoms with van der Waals surface area (Å²) in [6, 6.07) is 21.7. The van der Waals surface area contributed by atoms with Gasteiger partial charge in [-0.1, -0.05) is 42.5 Å². The Bertz CT molecular complexity index is 1940. The summed E-state index contributed by atoms with van der Waals surface area (Å²) in [6.45, 7) is 9.01. The minimum Gasteiger partial charge on any atom is -0.497 e. The van der Waals surface area contributed by atoms with Crippen LogP contribution in [0.1, 0.15) is 34.3 Å². The lowest BCUT2D eigenvalue weighted by molar-refractivity contribution is 0.0637. The third-order valence-electron chi connectivity index (χ3n) is 8.22. The molecule has 0 radical (unpaired) electrons. The SMILES string of the molecule is CCCN1CCN(C(=O)c2ccc(-c3cccc(OCc4cc(OC)cc5oc(-c6cn7nc(C)sc7n6)cc45)c3)cc2)CC1. The van der Waals surface area contributed by atoms with Crippen LogP contribution in [-0.2, 0) is 6.61 Å². The normalized spacial score (nSPS) is 14.0. The lowest BCUT2D eigenvalue weighted by atomic mass is 10.0. The van der Waals surface area contributed by atoms with Gasteiger partial charge in [-0.3, -0.25) is 9.69 Å². The van der Waals surface area contributed by atoms with E-state index in [4.69, 9.17) is 18.9 Å². The Kier molecular flexibility index (Phi) is 7.99. The maximum Gasteiger partial charge on any atom is 0.253 e. The monoisotopic (exact) mass is 621 g/mol. The molecule has 1 amide bonds. The van der Waals surface area contributed by atoms with Crippen molar-refractivity contribution in [1.29, 1.82) is 0 Å². The molecule has 10 heteroatoms. The number of benzene rings is 3. The highest BCUT2D eigenvalue weighted by Gasteiger charge is 2.22. The highest BCUT2D eigenvalue weighted by Crippen LogP contribution is 2.34. The smallest absolute Gasteiger partial charge is 0.253 e. The minimum absolute atomic E-state index is 0.0984. The summed E-state index contributed by atoms with van der Waals surface area (Å²) in [5, 5.41) is 6.36. The van der Waals surface area contributed by atoms with Crippen molar-refractivity contribution in [1.82, 2.24) is 24.4 Å². The Labute approximate surface area is 265 Å². The van der Waals surface area contributed by atoms with Gasteiger partial charge in [0.1, 0.15) is 34.4 Å². The Balaban J connectivity index is 1.06. The number of piperazine rings is 1. The molecule has 45 heavy (non-hydrogen) atoms. The van der Waals surface area contributed by atoms with Gasteiger partial charge in [-0.05, 0) is 67.4 Å². The molecule has 1 saturated heterocycles. The van der Waals surface area contributed by atoms with Gasteiger partial charge in [-0.2, -0.15) is 5.10 Å². The first-order chi connectivity index (χ1) is 22.0. The number of hydrogen-bond donors (Lipinski definition) is 0. The number of fused-ring (bicyclic) bond motifs is 2. The molecule has 0 saturated carbocycles. The molecule has 3 aromatic carbocycles. The molecule has 0 bridgehead atoms. The molecule has 1 fully saturated rings. The van der Waals surface area contributed by atoms with E-state index in [1.165, 1.54) is 11.3 Å². The number of nitrogens with zero attached hydrogens (tertiary/aromatic N) is 5. The number of ether oxygens (including phenoxy) is 2. The van der Waals surface area contributed by atoms with Gasteiger partial charge in [0.05, 0.1) is 13.3 Å².